The molecule has 0 bridgehead atoms. The van der Waals surface area contributed by atoms with E-state index in [0.717, 1.165) is 6.54 Å². The fourth-order valence-corrected chi connectivity index (χ4v) is 1.12. The standard InChI is InChI=1S/C11H15FN2O/c1-14(2)7-6-13-11(15)9-4-3-5-10(12)8-9/h3-5,8H,6-7H2,1-2H3,(H,13,15). The Bertz CT molecular complexity index is 339. The molecule has 0 fully saturated rings. The average molecular weight is 210 g/mol. The fourth-order valence-electron chi connectivity index (χ4n) is 1.12. The third-order valence-corrected chi connectivity index (χ3v) is 1.93. The first-order chi connectivity index (χ1) is 7.09. The summed E-state index contributed by atoms with van der Waals surface area (Å²) in [4.78, 5) is 13.4. The molecular formula is C11H15FN2O. The number of carbonyl (C=O) groups excluding carboxylic acids is 1. The second kappa shape index (κ2) is 5.46. The Kier molecular flexibility index (Phi) is 4.24. The molecule has 0 spiro atoms. The number of halogens is 1. The first-order valence-corrected chi connectivity index (χ1v) is 4.78. The van der Waals surface area contributed by atoms with Crippen LogP contribution >= 0.6 is 0 Å². The van der Waals surface area contributed by atoms with Gasteiger partial charge in [0.2, 0.25) is 0 Å². The van der Waals surface area contributed by atoms with E-state index in [4.69, 9.17) is 0 Å². The Labute approximate surface area is 88.9 Å². The van der Waals surface area contributed by atoms with Crippen LogP contribution in [-0.4, -0.2) is 38.0 Å². The van der Waals surface area contributed by atoms with Crippen molar-refractivity contribution in [3.8, 4) is 0 Å². The second-order valence-corrected chi connectivity index (χ2v) is 3.57. The lowest BCUT2D eigenvalue weighted by molar-refractivity contribution is 0.0950. The molecule has 3 nitrogen and oxygen atoms in total. The van der Waals surface area contributed by atoms with Gasteiger partial charge in [-0.25, -0.2) is 4.39 Å². The van der Waals surface area contributed by atoms with Gasteiger partial charge < -0.3 is 10.2 Å². The minimum atomic E-state index is -0.393. The zero-order chi connectivity index (χ0) is 11.3. The highest BCUT2D eigenvalue weighted by atomic mass is 19.1. The highest BCUT2D eigenvalue weighted by Gasteiger charge is 2.05. The molecule has 0 atom stereocenters. The number of hydrogen-bond acceptors (Lipinski definition) is 2. The van der Waals surface area contributed by atoms with Crippen LogP contribution in [0.2, 0.25) is 0 Å². The average Bonchev–Trinajstić information content (AvgIpc) is 2.17. The maximum absolute atomic E-state index is 12.8. The molecule has 1 rings (SSSR count). The summed E-state index contributed by atoms with van der Waals surface area (Å²) in [5.74, 6) is -0.633. The van der Waals surface area contributed by atoms with Crippen molar-refractivity contribution >= 4 is 5.91 Å². The second-order valence-electron chi connectivity index (χ2n) is 3.57. The van der Waals surface area contributed by atoms with E-state index in [0.29, 0.717) is 12.1 Å². The van der Waals surface area contributed by atoms with Crippen LogP contribution in [0, 0.1) is 5.82 Å². The minimum Gasteiger partial charge on any atom is -0.351 e. The molecule has 1 aromatic rings. The normalized spacial score (nSPS) is 10.4. The summed E-state index contributed by atoms with van der Waals surface area (Å²) in [5.41, 5.74) is 0.355. The molecule has 0 saturated heterocycles. The van der Waals surface area contributed by atoms with Gasteiger partial charge in [-0.3, -0.25) is 4.79 Å². The van der Waals surface area contributed by atoms with Crippen molar-refractivity contribution in [2.45, 2.75) is 0 Å². The van der Waals surface area contributed by atoms with Crippen molar-refractivity contribution < 1.29 is 9.18 Å². The van der Waals surface area contributed by atoms with Gasteiger partial charge in [-0.1, -0.05) is 6.07 Å². The maximum Gasteiger partial charge on any atom is 0.251 e. The van der Waals surface area contributed by atoms with E-state index in [1.807, 2.05) is 19.0 Å². The van der Waals surface area contributed by atoms with Crippen molar-refractivity contribution in [2.24, 2.45) is 0 Å². The van der Waals surface area contributed by atoms with Crippen LogP contribution in [0.5, 0.6) is 0 Å². The van der Waals surface area contributed by atoms with E-state index >= 15 is 0 Å². The molecule has 0 aliphatic rings. The van der Waals surface area contributed by atoms with Gasteiger partial charge in [0, 0.05) is 18.7 Å². The van der Waals surface area contributed by atoms with Crippen molar-refractivity contribution in [1.29, 1.82) is 0 Å². The van der Waals surface area contributed by atoms with Crippen molar-refractivity contribution in [1.82, 2.24) is 10.2 Å². The Morgan fingerprint density at radius 1 is 1.47 bits per heavy atom. The largest absolute Gasteiger partial charge is 0.351 e. The van der Waals surface area contributed by atoms with E-state index < -0.39 is 5.82 Å². The molecule has 82 valence electrons. The monoisotopic (exact) mass is 210 g/mol. The molecule has 1 N–H and O–H groups in total. The SMILES string of the molecule is CN(C)CCNC(=O)c1cccc(F)c1. The molecule has 0 aromatic heterocycles. The van der Waals surface area contributed by atoms with Crippen molar-refractivity contribution in [3.63, 3.8) is 0 Å². The molecule has 0 saturated carbocycles. The highest BCUT2D eigenvalue weighted by Crippen LogP contribution is 2.02. The van der Waals surface area contributed by atoms with Gasteiger partial charge >= 0.3 is 0 Å². The number of nitrogens with zero attached hydrogens (tertiary/aromatic N) is 1. The number of hydrogen-bond donors (Lipinski definition) is 1. The highest BCUT2D eigenvalue weighted by molar-refractivity contribution is 5.94. The van der Waals surface area contributed by atoms with E-state index in [2.05, 4.69) is 5.32 Å². The lowest BCUT2D eigenvalue weighted by atomic mass is 10.2. The number of carbonyl (C=O) groups is 1. The van der Waals surface area contributed by atoms with Crippen LogP contribution < -0.4 is 5.32 Å². The van der Waals surface area contributed by atoms with Crippen LogP contribution in [0.15, 0.2) is 24.3 Å². The molecule has 0 aliphatic carbocycles. The smallest absolute Gasteiger partial charge is 0.251 e. The third kappa shape index (κ3) is 4.08. The summed E-state index contributed by atoms with van der Waals surface area (Å²) < 4.78 is 12.8. The molecule has 1 amide bonds. The van der Waals surface area contributed by atoms with Crippen LogP contribution in [0.1, 0.15) is 10.4 Å². The fraction of sp³-hybridized carbons (Fsp3) is 0.364. The molecule has 0 radical (unpaired) electrons. The van der Waals surface area contributed by atoms with E-state index in [1.54, 1.807) is 6.07 Å². The molecule has 0 heterocycles. The zero-order valence-corrected chi connectivity index (χ0v) is 8.96. The summed E-state index contributed by atoms with van der Waals surface area (Å²) in [5, 5.41) is 2.71. The van der Waals surface area contributed by atoms with Gasteiger partial charge in [0.25, 0.3) is 5.91 Å². The predicted octanol–water partition coefficient (Wildman–Crippen LogP) is 1.12. The Hall–Kier alpha value is -1.42. The summed E-state index contributed by atoms with van der Waals surface area (Å²) in [6, 6.07) is 5.66. The van der Waals surface area contributed by atoms with Gasteiger partial charge in [-0.05, 0) is 32.3 Å². The van der Waals surface area contributed by atoms with Crippen LogP contribution in [-0.2, 0) is 0 Å². The third-order valence-electron chi connectivity index (χ3n) is 1.93. The zero-order valence-electron chi connectivity index (χ0n) is 8.96. The van der Waals surface area contributed by atoms with Gasteiger partial charge in [-0.2, -0.15) is 0 Å². The van der Waals surface area contributed by atoms with Crippen molar-refractivity contribution in [2.75, 3.05) is 27.2 Å². The molecule has 0 aliphatic heterocycles. The first kappa shape index (κ1) is 11.7. The van der Waals surface area contributed by atoms with E-state index in [1.165, 1.54) is 18.2 Å². The quantitative estimate of drug-likeness (QED) is 0.807. The summed E-state index contributed by atoms with van der Waals surface area (Å²) in [6.07, 6.45) is 0. The number of benzene rings is 1. The van der Waals surface area contributed by atoms with E-state index in [9.17, 15) is 9.18 Å². The molecule has 4 heteroatoms. The van der Waals surface area contributed by atoms with Crippen LogP contribution in [0.25, 0.3) is 0 Å². The number of rotatable bonds is 4. The Morgan fingerprint density at radius 3 is 2.80 bits per heavy atom. The lowest BCUT2D eigenvalue weighted by Gasteiger charge is -2.10. The first-order valence-electron chi connectivity index (χ1n) is 4.78. The molecule has 15 heavy (non-hydrogen) atoms. The summed E-state index contributed by atoms with van der Waals surface area (Å²) in [6.45, 7) is 1.32. The topological polar surface area (TPSA) is 32.3 Å². The maximum atomic E-state index is 12.8. The van der Waals surface area contributed by atoms with Gasteiger partial charge in [0.1, 0.15) is 5.82 Å². The van der Waals surface area contributed by atoms with Gasteiger partial charge in [0.15, 0.2) is 0 Å². The predicted molar refractivity (Wildman–Crippen MR) is 57.3 cm³/mol. The van der Waals surface area contributed by atoms with Crippen molar-refractivity contribution in [3.05, 3.63) is 35.6 Å². The van der Waals surface area contributed by atoms with Crippen LogP contribution in [0.4, 0.5) is 4.39 Å². The van der Waals surface area contributed by atoms with E-state index in [-0.39, 0.29) is 5.91 Å². The Balaban J connectivity index is 2.47. The lowest BCUT2D eigenvalue weighted by Crippen LogP contribution is -2.31. The molecular weight excluding hydrogens is 195 g/mol. The number of amides is 1. The minimum absolute atomic E-state index is 0.239. The molecule has 1 aromatic carbocycles. The summed E-state index contributed by atoms with van der Waals surface area (Å²) >= 11 is 0. The summed E-state index contributed by atoms with van der Waals surface area (Å²) in [7, 11) is 3.85. The van der Waals surface area contributed by atoms with Crippen LogP contribution in [0.3, 0.4) is 0 Å². The number of likely N-dealkylation sites (N-methyl/N-ethyl adjacent to an activating group) is 1. The number of nitrogens with one attached hydrogen (secondary N) is 1. The van der Waals surface area contributed by atoms with Gasteiger partial charge in [0.05, 0.1) is 0 Å². The van der Waals surface area contributed by atoms with Gasteiger partial charge in [-0.15, -0.1) is 0 Å². The Morgan fingerprint density at radius 2 is 2.20 bits per heavy atom. The molecule has 0 unspecified atom stereocenters.